The van der Waals surface area contributed by atoms with Crippen molar-refractivity contribution in [3.05, 3.63) is 84.0 Å². The van der Waals surface area contributed by atoms with Crippen molar-refractivity contribution in [2.45, 2.75) is 129 Å². The van der Waals surface area contributed by atoms with Crippen molar-refractivity contribution in [3.8, 4) is 11.1 Å². The van der Waals surface area contributed by atoms with Crippen LogP contribution in [-0.2, 0) is 19.1 Å². The largest absolute Gasteiger partial charge is 0.448 e. The van der Waals surface area contributed by atoms with Gasteiger partial charge in [0.15, 0.2) is 11.4 Å². The molecule has 8 nitrogen and oxygen atoms in total. The highest BCUT2D eigenvalue weighted by Gasteiger charge is 2.78. The van der Waals surface area contributed by atoms with Gasteiger partial charge in [0.1, 0.15) is 0 Å². The van der Waals surface area contributed by atoms with Gasteiger partial charge in [-0.1, -0.05) is 101 Å². The second-order valence-corrected chi connectivity index (χ2v) is 21.0. The van der Waals surface area contributed by atoms with E-state index >= 15 is 9.59 Å². The molecule has 1 unspecified atom stereocenters. The molecule has 8 heteroatoms. The third-order valence-electron chi connectivity index (χ3n) is 18.8. The Balaban J connectivity index is 1.07. The number of ketones is 1. The summed E-state index contributed by atoms with van der Waals surface area (Å²) in [7, 11) is 0. The van der Waals surface area contributed by atoms with E-state index in [4.69, 9.17) is 9.47 Å². The molecule has 308 valence electrons. The van der Waals surface area contributed by atoms with Gasteiger partial charge in [0.05, 0.1) is 29.8 Å². The monoisotopic (exact) mass is 787 g/mol. The van der Waals surface area contributed by atoms with E-state index < -0.39 is 44.4 Å². The molecule has 2 aromatic carbocycles. The molecule has 6 fully saturated rings. The van der Waals surface area contributed by atoms with Crippen LogP contribution in [0.1, 0.15) is 116 Å². The minimum absolute atomic E-state index is 0.0267. The molecular formula is C50H61NO7. The Morgan fingerprint density at radius 1 is 0.828 bits per heavy atom. The number of hydrogen-bond acceptors (Lipinski definition) is 7. The number of Topliss-reactive ketones (excluding diaryl/α,β-unsaturated/α-hetero) is 1. The minimum Gasteiger partial charge on any atom is -0.448 e. The summed E-state index contributed by atoms with van der Waals surface area (Å²) in [6, 6.07) is 18.1. The second-order valence-electron chi connectivity index (χ2n) is 21.0. The molecule has 2 aliphatic heterocycles. The Kier molecular flexibility index (Phi) is 8.31. The molecule has 4 bridgehead atoms. The van der Waals surface area contributed by atoms with Crippen molar-refractivity contribution in [1.29, 1.82) is 0 Å². The molecular weight excluding hydrogens is 727 g/mol. The fourth-order valence-corrected chi connectivity index (χ4v) is 14.8. The molecule has 7 aliphatic carbocycles. The molecule has 11 atom stereocenters. The quantitative estimate of drug-likeness (QED) is 0.157. The zero-order valence-corrected chi connectivity index (χ0v) is 35.0. The van der Waals surface area contributed by atoms with Crippen molar-refractivity contribution < 1.29 is 34.1 Å². The molecule has 2 N–H and O–H groups in total. The topological polar surface area (TPSA) is 113 Å². The van der Waals surface area contributed by atoms with E-state index in [2.05, 4.69) is 44.2 Å². The van der Waals surface area contributed by atoms with E-state index in [0.717, 1.165) is 55.2 Å². The van der Waals surface area contributed by atoms with Gasteiger partial charge in [0.2, 0.25) is 0 Å². The predicted octanol–water partition coefficient (Wildman–Crippen LogP) is 8.26. The van der Waals surface area contributed by atoms with Gasteiger partial charge in [0, 0.05) is 45.9 Å². The van der Waals surface area contributed by atoms with E-state index in [1.165, 1.54) is 0 Å². The van der Waals surface area contributed by atoms with Crippen LogP contribution in [0.5, 0.6) is 0 Å². The van der Waals surface area contributed by atoms with Gasteiger partial charge >= 0.3 is 5.97 Å². The molecule has 11 rings (SSSR count). The molecule has 2 saturated heterocycles. The van der Waals surface area contributed by atoms with Crippen molar-refractivity contribution in [3.63, 3.8) is 0 Å². The third kappa shape index (κ3) is 4.66. The number of rotatable bonds is 8. The predicted molar refractivity (Wildman–Crippen MR) is 220 cm³/mol. The number of amides is 1. The van der Waals surface area contributed by atoms with Gasteiger partial charge in [-0.3, -0.25) is 14.4 Å². The van der Waals surface area contributed by atoms with Gasteiger partial charge in [-0.05, 0) is 106 Å². The summed E-state index contributed by atoms with van der Waals surface area (Å²) < 4.78 is 12.3. The molecule has 58 heavy (non-hydrogen) atoms. The van der Waals surface area contributed by atoms with Crippen molar-refractivity contribution in [2.75, 3.05) is 19.7 Å². The zero-order chi connectivity index (χ0) is 40.7. The highest BCUT2D eigenvalue weighted by Crippen LogP contribution is 2.78. The van der Waals surface area contributed by atoms with Gasteiger partial charge < -0.3 is 24.6 Å². The first-order valence-electron chi connectivity index (χ1n) is 22.2. The lowest BCUT2D eigenvalue weighted by atomic mass is 9.32. The van der Waals surface area contributed by atoms with Gasteiger partial charge in [-0.15, -0.1) is 0 Å². The van der Waals surface area contributed by atoms with Crippen LogP contribution in [0, 0.1) is 44.3 Å². The van der Waals surface area contributed by atoms with E-state index in [1.54, 1.807) is 0 Å². The van der Waals surface area contributed by atoms with Gasteiger partial charge in [0.25, 0.3) is 5.91 Å². The number of benzene rings is 2. The Hall–Kier alpha value is -3.59. The summed E-state index contributed by atoms with van der Waals surface area (Å²) >= 11 is 0. The average Bonchev–Trinajstić information content (AvgIpc) is 3.91. The van der Waals surface area contributed by atoms with Crippen molar-refractivity contribution >= 4 is 17.7 Å². The lowest BCUT2D eigenvalue weighted by Gasteiger charge is -2.71. The number of nitrogens with zero attached hydrogens (tertiary/aromatic N) is 1. The summed E-state index contributed by atoms with van der Waals surface area (Å²) in [6.07, 6.45) is 14.2. The number of fused-ring (bicyclic) bond motifs is 3. The van der Waals surface area contributed by atoms with Crippen molar-refractivity contribution in [1.82, 2.24) is 4.90 Å². The van der Waals surface area contributed by atoms with E-state index in [9.17, 15) is 15.0 Å². The summed E-state index contributed by atoms with van der Waals surface area (Å²) in [6.45, 7) is 11.7. The molecule has 0 aromatic heterocycles. The standard InChI is InChI=1S/C50H61NO7/c1-43(2)46(5)23-26-50(43,58-42(46)55)41(54)51(30-34-14-11-27-57-34)31-48(56)22-19-39-45(48,4)21-18-38-44(3)20-17-33(52)28-47(44)24-25-49(38,39)37(29-47)40(53)36-16-10-9-15-35(36)32-12-7-6-8-13-32/h6-10,12-13,15-16,24-25,29,33-34,38-39,52,56H,11,14,17-23,26-28,30-31H2,1-5H3/t33?,34-,38-,39-,44-,45+,46+,47+,48-,49-,50-/m1/s1. The van der Waals surface area contributed by atoms with E-state index in [0.29, 0.717) is 50.8 Å². The highest BCUT2D eigenvalue weighted by atomic mass is 16.6. The molecule has 2 aromatic rings. The van der Waals surface area contributed by atoms with Gasteiger partial charge in [-0.2, -0.15) is 0 Å². The van der Waals surface area contributed by atoms with Crippen LogP contribution in [0.3, 0.4) is 0 Å². The fraction of sp³-hybridized carbons (Fsp3) is 0.620. The van der Waals surface area contributed by atoms with Gasteiger partial charge in [-0.25, -0.2) is 0 Å². The SMILES string of the molecule is CC1(C)[C@@]2(C)CC[C@]1(C(=O)N(C[C@H]1CCCO1)C[C@]1(O)CC[C@H]3[C@]45C=C[C@@]6(C=C4C(=O)c4ccccc4-c4ccccc4)CC(O)CC[C@]6(C)[C@H]5CC[C@@]31C)OC2=O. The Morgan fingerprint density at radius 2 is 1.53 bits per heavy atom. The second kappa shape index (κ2) is 12.5. The molecule has 4 saturated carbocycles. The van der Waals surface area contributed by atoms with Crippen LogP contribution in [0.15, 0.2) is 78.4 Å². The smallest absolute Gasteiger partial charge is 0.313 e. The Morgan fingerprint density at radius 3 is 2.24 bits per heavy atom. The first-order chi connectivity index (χ1) is 27.5. The molecule has 0 radical (unpaired) electrons. The normalized spacial score (nSPS) is 44.0. The average molecular weight is 788 g/mol. The molecule has 1 amide bonds. The Bertz CT molecular complexity index is 2140. The summed E-state index contributed by atoms with van der Waals surface area (Å²) in [4.78, 5) is 46.1. The number of aliphatic hydroxyl groups excluding tert-OH is 1. The number of ether oxygens (including phenoxy) is 2. The maximum absolute atomic E-state index is 15.6. The minimum atomic E-state index is -1.30. The van der Waals surface area contributed by atoms with E-state index in [-0.39, 0.29) is 47.6 Å². The first kappa shape index (κ1) is 38.6. The summed E-state index contributed by atoms with van der Waals surface area (Å²) in [5.41, 5.74) is -2.55. The fourth-order valence-electron chi connectivity index (χ4n) is 14.8. The molecule has 2 spiro atoms. The first-order valence-corrected chi connectivity index (χ1v) is 22.2. The van der Waals surface area contributed by atoms with Crippen LogP contribution < -0.4 is 0 Å². The lowest BCUT2D eigenvalue weighted by molar-refractivity contribution is -0.188. The number of aliphatic hydroxyl groups is 2. The summed E-state index contributed by atoms with van der Waals surface area (Å²) in [5, 5.41) is 24.7. The third-order valence-corrected chi connectivity index (χ3v) is 18.8. The zero-order valence-electron chi connectivity index (χ0n) is 35.0. The number of carbonyl (C=O) groups excluding carboxylic acids is 3. The highest BCUT2D eigenvalue weighted by molar-refractivity contribution is 6.14. The lowest BCUT2D eigenvalue weighted by Crippen LogP contribution is -2.68. The van der Waals surface area contributed by atoms with Crippen LogP contribution in [0.4, 0.5) is 0 Å². The number of hydrogen-bond donors (Lipinski definition) is 2. The number of esters is 1. The van der Waals surface area contributed by atoms with Crippen LogP contribution in [-0.4, -0.2) is 75.9 Å². The number of carbonyl (C=O) groups is 3. The maximum Gasteiger partial charge on any atom is 0.313 e. The Labute approximate surface area is 343 Å². The van der Waals surface area contributed by atoms with Crippen LogP contribution >= 0.6 is 0 Å². The molecule has 2 heterocycles. The molecule has 9 aliphatic rings. The number of allylic oxidation sites excluding steroid dienone is 4. The van der Waals surface area contributed by atoms with E-state index in [1.807, 2.05) is 68.1 Å². The summed E-state index contributed by atoms with van der Waals surface area (Å²) in [5.74, 6) is -0.425. The van der Waals surface area contributed by atoms with Crippen LogP contribution in [0.25, 0.3) is 11.1 Å². The maximum atomic E-state index is 15.6. The van der Waals surface area contributed by atoms with Crippen molar-refractivity contribution in [2.24, 2.45) is 44.3 Å². The van der Waals surface area contributed by atoms with Crippen LogP contribution in [0.2, 0.25) is 0 Å².